The molecule has 0 fully saturated rings. The number of hydrazone groups is 1. The lowest BCUT2D eigenvalue weighted by Crippen LogP contribution is -2.19. The quantitative estimate of drug-likeness (QED) is 0.418. The van der Waals surface area contributed by atoms with Crippen LogP contribution in [0.5, 0.6) is 0 Å². The van der Waals surface area contributed by atoms with Gasteiger partial charge in [0.05, 0.1) is 30.2 Å². The van der Waals surface area contributed by atoms with Crippen molar-refractivity contribution in [2.45, 2.75) is 5.16 Å². The second-order valence-electron chi connectivity index (χ2n) is 4.35. The van der Waals surface area contributed by atoms with Gasteiger partial charge in [0.25, 0.3) is 5.91 Å². The van der Waals surface area contributed by atoms with E-state index in [2.05, 4.69) is 26.1 Å². The molecular weight excluding hydrogens is 316 g/mol. The van der Waals surface area contributed by atoms with Crippen molar-refractivity contribution in [3.63, 3.8) is 0 Å². The smallest absolute Gasteiger partial charge is 0.250 e. The lowest BCUT2D eigenvalue weighted by Gasteiger charge is -2.03. The third-order valence-electron chi connectivity index (χ3n) is 2.72. The van der Waals surface area contributed by atoms with Crippen LogP contribution in [0.1, 0.15) is 5.56 Å². The fraction of sp³-hybridized carbons (Fsp3) is 0.0714. The summed E-state index contributed by atoms with van der Waals surface area (Å²) < 4.78 is 6.47. The molecule has 0 atom stereocenters. The predicted octanol–water partition coefficient (Wildman–Crippen LogP) is 1.50. The molecule has 116 valence electrons. The van der Waals surface area contributed by atoms with Gasteiger partial charge in [-0.05, 0) is 28.6 Å². The number of nitrogens with zero attached hydrogens (tertiary/aromatic N) is 5. The Labute approximate surface area is 135 Å². The van der Waals surface area contributed by atoms with E-state index in [9.17, 15) is 4.79 Å². The third-order valence-corrected chi connectivity index (χ3v) is 3.64. The maximum Gasteiger partial charge on any atom is 0.250 e. The van der Waals surface area contributed by atoms with E-state index in [-0.39, 0.29) is 11.7 Å². The van der Waals surface area contributed by atoms with Gasteiger partial charge in [0.15, 0.2) is 0 Å². The summed E-state index contributed by atoms with van der Waals surface area (Å²) in [7, 11) is 0. The van der Waals surface area contributed by atoms with E-state index in [0.717, 1.165) is 11.3 Å². The molecule has 0 radical (unpaired) electrons. The van der Waals surface area contributed by atoms with Crippen LogP contribution in [-0.4, -0.2) is 38.1 Å². The molecule has 9 heteroatoms. The average molecular weight is 328 g/mol. The first-order valence-electron chi connectivity index (χ1n) is 6.63. The number of amides is 1. The Kier molecular flexibility index (Phi) is 4.79. The summed E-state index contributed by atoms with van der Waals surface area (Å²) in [5.41, 5.74) is 4.03. The van der Waals surface area contributed by atoms with Gasteiger partial charge in [0.2, 0.25) is 5.16 Å². The van der Waals surface area contributed by atoms with Gasteiger partial charge in [0, 0.05) is 5.56 Å². The molecule has 0 spiro atoms. The Morgan fingerprint density at radius 1 is 1.35 bits per heavy atom. The van der Waals surface area contributed by atoms with Gasteiger partial charge in [0.1, 0.15) is 0 Å². The van der Waals surface area contributed by atoms with Crippen LogP contribution in [-0.2, 0) is 4.79 Å². The van der Waals surface area contributed by atoms with Crippen molar-refractivity contribution >= 4 is 23.9 Å². The number of nitrogens with one attached hydrogen (secondary N) is 1. The van der Waals surface area contributed by atoms with Crippen molar-refractivity contribution in [1.82, 2.24) is 25.6 Å². The molecule has 3 rings (SSSR count). The summed E-state index contributed by atoms with van der Waals surface area (Å²) in [6.07, 6.45) is 4.56. The number of tetrazole rings is 1. The minimum Gasteiger partial charge on any atom is -0.472 e. The summed E-state index contributed by atoms with van der Waals surface area (Å²) in [6.45, 7) is 0. The maximum atomic E-state index is 11.8. The number of benzene rings is 1. The van der Waals surface area contributed by atoms with Gasteiger partial charge in [-0.1, -0.05) is 30.0 Å². The van der Waals surface area contributed by atoms with Crippen molar-refractivity contribution in [3.8, 4) is 5.69 Å². The molecule has 8 nitrogen and oxygen atoms in total. The lowest BCUT2D eigenvalue weighted by atomic mass is 10.3. The first-order chi connectivity index (χ1) is 11.3. The second kappa shape index (κ2) is 7.36. The molecular formula is C14H12N6O2S. The highest BCUT2D eigenvalue weighted by atomic mass is 32.2. The highest BCUT2D eigenvalue weighted by Gasteiger charge is 2.10. The minimum atomic E-state index is -0.252. The summed E-state index contributed by atoms with van der Waals surface area (Å²) >= 11 is 1.23. The van der Waals surface area contributed by atoms with Crippen LogP contribution in [0, 0.1) is 0 Å². The van der Waals surface area contributed by atoms with E-state index in [1.807, 2.05) is 30.3 Å². The lowest BCUT2D eigenvalue weighted by molar-refractivity contribution is -0.118. The second-order valence-corrected chi connectivity index (χ2v) is 5.29. The summed E-state index contributed by atoms with van der Waals surface area (Å²) in [5, 5.41) is 15.9. The molecule has 23 heavy (non-hydrogen) atoms. The average Bonchev–Trinajstić information content (AvgIpc) is 3.25. The highest BCUT2D eigenvalue weighted by molar-refractivity contribution is 7.99. The van der Waals surface area contributed by atoms with Crippen LogP contribution in [0.4, 0.5) is 0 Å². The summed E-state index contributed by atoms with van der Waals surface area (Å²) in [5.74, 6) is -0.104. The predicted molar refractivity (Wildman–Crippen MR) is 84.3 cm³/mol. The fourth-order valence-corrected chi connectivity index (χ4v) is 2.37. The number of hydrogen-bond donors (Lipinski definition) is 1. The molecule has 1 amide bonds. The topological polar surface area (TPSA) is 98.2 Å². The molecule has 0 saturated heterocycles. The molecule has 0 bridgehead atoms. The minimum absolute atomic E-state index is 0.149. The van der Waals surface area contributed by atoms with Gasteiger partial charge in [-0.2, -0.15) is 9.78 Å². The number of aromatic nitrogens is 4. The molecule has 0 unspecified atom stereocenters. The number of carbonyl (C=O) groups is 1. The fourth-order valence-electron chi connectivity index (χ4n) is 1.69. The zero-order chi connectivity index (χ0) is 15.9. The molecule has 2 heterocycles. The Balaban J connectivity index is 1.55. The first-order valence-corrected chi connectivity index (χ1v) is 7.62. The largest absolute Gasteiger partial charge is 0.472 e. The van der Waals surface area contributed by atoms with Crippen molar-refractivity contribution in [1.29, 1.82) is 0 Å². The zero-order valence-electron chi connectivity index (χ0n) is 11.9. The molecule has 2 aromatic heterocycles. The van der Waals surface area contributed by atoms with Gasteiger partial charge in [-0.25, -0.2) is 5.43 Å². The maximum absolute atomic E-state index is 11.8. The van der Waals surface area contributed by atoms with Crippen LogP contribution in [0.3, 0.4) is 0 Å². The van der Waals surface area contributed by atoms with E-state index in [4.69, 9.17) is 4.42 Å². The molecule has 0 aliphatic rings. The zero-order valence-corrected chi connectivity index (χ0v) is 12.7. The molecule has 3 aromatic rings. The number of thioether (sulfide) groups is 1. The van der Waals surface area contributed by atoms with Crippen molar-refractivity contribution in [2.75, 3.05) is 5.75 Å². The Bertz CT molecular complexity index is 785. The Morgan fingerprint density at radius 3 is 3.00 bits per heavy atom. The SMILES string of the molecule is O=C(CSc1nnnn1-c1ccccc1)N/N=C/c1ccoc1. The highest BCUT2D eigenvalue weighted by Crippen LogP contribution is 2.17. The molecule has 1 N–H and O–H groups in total. The van der Waals surface area contributed by atoms with Crippen LogP contribution in [0.25, 0.3) is 5.69 Å². The Morgan fingerprint density at radius 2 is 2.22 bits per heavy atom. The van der Waals surface area contributed by atoms with Crippen molar-refractivity contribution < 1.29 is 9.21 Å². The van der Waals surface area contributed by atoms with E-state index >= 15 is 0 Å². The van der Waals surface area contributed by atoms with Gasteiger partial charge < -0.3 is 4.42 Å². The van der Waals surface area contributed by atoms with E-state index in [0.29, 0.717) is 5.16 Å². The number of para-hydroxylation sites is 1. The van der Waals surface area contributed by atoms with Gasteiger partial charge in [-0.3, -0.25) is 4.79 Å². The molecule has 1 aromatic carbocycles. The van der Waals surface area contributed by atoms with E-state index < -0.39 is 0 Å². The van der Waals surface area contributed by atoms with Gasteiger partial charge >= 0.3 is 0 Å². The molecule has 0 saturated carbocycles. The summed E-state index contributed by atoms with van der Waals surface area (Å²) in [6, 6.07) is 11.2. The van der Waals surface area contributed by atoms with Gasteiger partial charge in [-0.15, -0.1) is 5.10 Å². The van der Waals surface area contributed by atoms with Crippen LogP contribution >= 0.6 is 11.8 Å². The van der Waals surface area contributed by atoms with Crippen LogP contribution in [0.2, 0.25) is 0 Å². The number of rotatable bonds is 6. The van der Waals surface area contributed by atoms with Crippen molar-refractivity contribution in [3.05, 3.63) is 54.5 Å². The van der Waals surface area contributed by atoms with Crippen LogP contribution < -0.4 is 5.43 Å². The normalized spacial score (nSPS) is 11.0. The summed E-state index contributed by atoms with van der Waals surface area (Å²) in [4.78, 5) is 11.8. The number of furan rings is 1. The number of hydrogen-bond acceptors (Lipinski definition) is 7. The molecule has 0 aliphatic heterocycles. The third kappa shape index (κ3) is 4.04. The Hall–Kier alpha value is -2.94. The monoisotopic (exact) mass is 328 g/mol. The van der Waals surface area contributed by atoms with Crippen LogP contribution in [0.15, 0.2) is 63.6 Å². The standard InChI is InChI=1S/C14H12N6O2S/c21-13(16-15-8-11-6-7-22-9-11)10-23-14-17-18-19-20(14)12-4-2-1-3-5-12/h1-9H,10H2,(H,16,21)/b15-8+. The molecule has 0 aliphatic carbocycles. The number of carbonyl (C=O) groups excluding carboxylic acids is 1. The van der Waals surface area contributed by atoms with E-state index in [1.165, 1.54) is 30.5 Å². The first kappa shape index (κ1) is 15.0. The van der Waals surface area contributed by atoms with E-state index in [1.54, 1.807) is 10.7 Å². The van der Waals surface area contributed by atoms with Crippen molar-refractivity contribution in [2.24, 2.45) is 5.10 Å².